The summed E-state index contributed by atoms with van der Waals surface area (Å²) < 4.78 is 0. The van der Waals surface area contributed by atoms with Crippen molar-refractivity contribution in [2.75, 3.05) is 25.0 Å². The zero-order chi connectivity index (χ0) is 12.4. The first-order valence-corrected chi connectivity index (χ1v) is 6.25. The summed E-state index contributed by atoms with van der Waals surface area (Å²) in [7, 11) is 2.11. The fourth-order valence-corrected chi connectivity index (χ4v) is 2.54. The van der Waals surface area contributed by atoms with Crippen LogP contribution in [0.1, 0.15) is 17.5 Å². The maximum absolute atomic E-state index is 9.49. The minimum Gasteiger partial charge on any atom is -0.392 e. The molecule has 1 aromatic rings. The van der Waals surface area contributed by atoms with Crippen LogP contribution in [0.2, 0.25) is 0 Å². The molecule has 1 fully saturated rings. The highest BCUT2D eigenvalue weighted by molar-refractivity contribution is 5.50. The summed E-state index contributed by atoms with van der Waals surface area (Å²) in [5.74, 6) is 0. The maximum atomic E-state index is 9.49. The lowest BCUT2D eigenvalue weighted by molar-refractivity contribution is 0.193. The third-order valence-electron chi connectivity index (χ3n) is 3.34. The van der Waals surface area contributed by atoms with Crippen molar-refractivity contribution in [3.63, 3.8) is 0 Å². The first-order valence-electron chi connectivity index (χ1n) is 6.25. The summed E-state index contributed by atoms with van der Waals surface area (Å²) in [6, 6.07) is 7.00. The molecular formula is C14H22N2O. The molecule has 1 heterocycles. The molecule has 3 heteroatoms. The zero-order valence-electron chi connectivity index (χ0n) is 10.9. The van der Waals surface area contributed by atoms with Crippen LogP contribution in [-0.4, -0.2) is 37.4 Å². The van der Waals surface area contributed by atoms with Crippen molar-refractivity contribution >= 4 is 5.69 Å². The smallest absolute Gasteiger partial charge is 0.0680 e. The van der Waals surface area contributed by atoms with Gasteiger partial charge < -0.3 is 15.3 Å². The Morgan fingerprint density at radius 3 is 2.47 bits per heavy atom. The second-order valence-corrected chi connectivity index (χ2v) is 5.22. The second-order valence-electron chi connectivity index (χ2n) is 5.22. The van der Waals surface area contributed by atoms with E-state index in [1.54, 1.807) is 0 Å². The highest BCUT2D eigenvalue weighted by Gasteiger charge is 2.23. The van der Waals surface area contributed by atoms with Crippen molar-refractivity contribution in [2.45, 2.75) is 32.4 Å². The van der Waals surface area contributed by atoms with Crippen molar-refractivity contribution in [1.29, 1.82) is 0 Å². The molecule has 2 rings (SSSR count). The summed E-state index contributed by atoms with van der Waals surface area (Å²) in [6.07, 6.45) is 0.683. The molecular weight excluding hydrogens is 212 g/mol. The van der Waals surface area contributed by atoms with E-state index in [1.165, 1.54) is 16.8 Å². The van der Waals surface area contributed by atoms with E-state index >= 15 is 0 Å². The summed E-state index contributed by atoms with van der Waals surface area (Å²) in [6.45, 7) is 5.93. The van der Waals surface area contributed by atoms with Crippen LogP contribution < -0.4 is 10.2 Å². The molecule has 1 aliphatic heterocycles. The largest absolute Gasteiger partial charge is 0.392 e. The van der Waals surface area contributed by atoms with Crippen LogP contribution in [0.25, 0.3) is 0 Å². The van der Waals surface area contributed by atoms with Crippen LogP contribution >= 0.6 is 0 Å². The van der Waals surface area contributed by atoms with Gasteiger partial charge in [-0.15, -0.1) is 0 Å². The fraction of sp³-hybridized carbons (Fsp3) is 0.571. The number of aryl methyl sites for hydroxylation is 2. The highest BCUT2D eigenvalue weighted by atomic mass is 16.3. The number of anilines is 1. The van der Waals surface area contributed by atoms with E-state index in [9.17, 15) is 5.11 Å². The van der Waals surface area contributed by atoms with Gasteiger partial charge in [-0.2, -0.15) is 0 Å². The van der Waals surface area contributed by atoms with Crippen LogP contribution in [-0.2, 0) is 0 Å². The fourth-order valence-electron chi connectivity index (χ4n) is 2.54. The Bertz CT molecular complexity index is 372. The molecule has 0 radical (unpaired) electrons. The van der Waals surface area contributed by atoms with E-state index in [-0.39, 0.29) is 6.10 Å². The maximum Gasteiger partial charge on any atom is 0.0680 e. The van der Waals surface area contributed by atoms with Gasteiger partial charge in [-0.1, -0.05) is 6.07 Å². The van der Waals surface area contributed by atoms with Crippen LogP contribution in [0, 0.1) is 13.8 Å². The van der Waals surface area contributed by atoms with Crippen LogP contribution in [0.4, 0.5) is 5.69 Å². The number of hydrogen-bond donors (Lipinski definition) is 2. The summed E-state index contributed by atoms with van der Waals surface area (Å²) in [5.41, 5.74) is 3.85. The molecule has 3 nitrogen and oxygen atoms in total. The predicted molar refractivity (Wildman–Crippen MR) is 71.6 cm³/mol. The molecule has 0 saturated carbocycles. The average Bonchev–Trinajstić information content (AvgIpc) is 2.62. The number of nitrogens with zero attached hydrogens (tertiary/aromatic N) is 1. The van der Waals surface area contributed by atoms with Gasteiger partial charge in [0.25, 0.3) is 0 Å². The first kappa shape index (κ1) is 12.4. The molecule has 0 bridgehead atoms. The molecule has 2 unspecified atom stereocenters. The van der Waals surface area contributed by atoms with Gasteiger partial charge in [0.15, 0.2) is 0 Å². The van der Waals surface area contributed by atoms with Crippen molar-refractivity contribution in [3.05, 3.63) is 29.3 Å². The molecule has 0 aliphatic carbocycles. The molecule has 1 saturated heterocycles. The van der Waals surface area contributed by atoms with E-state index in [2.05, 4.69) is 49.3 Å². The lowest BCUT2D eigenvalue weighted by Crippen LogP contribution is -2.35. The molecule has 17 heavy (non-hydrogen) atoms. The van der Waals surface area contributed by atoms with Gasteiger partial charge in [0.2, 0.25) is 0 Å². The standard InChI is InChI=1S/C14H22N2O/c1-10-4-11(2)6-13(5-10)16(3)9-12-7-14(17)8-15-12/h4-6,12,14-15,17H,7-9H2,1-3H3. The SMILES string of the molecule is Cc1cc(C)cc(N(C)CC2CC(O)CN2)c1. The van der Waals surface area contributed by atoms with Crippen LogP contribution in [0.3, 0.4) is 0 Å². The lowest BCUT2D eigenvalue weighted by Gasteiger charge is -2.24. The molecule has 2 N–H and O–H groups in total. The number of likely N-dealkylation sites (N-methyl/N-ethyl adjacent to an activating group) is 1. The number of nitrogens with one attached hydrogen (secondary N) is 1. The van der Waals surface area contributed by atoms with E-state index in [0.717, 1.165) is 19.5 Å². The Labute approximate surface area is 103 Å². The zero-order valence-corrected chi connectivity index (χ0v) is 10.9. The van der Waals surface area contributed by atoms with Gasteiger partial charge in [0, 0.05) is 31.9 Å². The molecule has 94 valence electrons. The highest BCUT2D eigenvalue weighted by Crippen LogP contribution is 2.19. The van der Waals surface area contributed by atoms with Gasteiger partial charge in [0.05, 0.1) is 6.10 Å². The van der Waals surface area contributed by atoms with E-state index in [1.807, 2.05) is 0 Å². The molecule has 0 amide bonds. The van der Waals surface area contributed by atoms with Crippen molar-refractivity contribution in [3.8, 4) is 0 Å². The van der Waals surface area contributed by atoms with E-state index < -0.39 is 0 Å². The Balaban J connectivity index is 2.01. The second kappa shape index (κ2) is 5.07. The number of aliphatic hydroxyl groups excluding tert-OH is 1. The Kier molecular flexibility index (Phi) is 3.69. The van der Waals surface area contributed by atoms with Crippen LogP contribution in [0.5, 0.6) is 0 Å². The Hall–Kier alpha value is -1.06. The quantitative estimate of drug-likeness (QED) is 0.831. The van der Waals surface area contributed by atoms with E-state index in [4.69, 9.17) is 0 Å². The third-order valence-corrected chi connectivity index (χ3v) is 3.34. The number of benzene rings is 1. The van der Waals surface area contributed by atoms with Crippen LogP contribution in [0.15, 0.2) is 18.2 Å². The number of rotatable bonds is 3. The number of β-amino-alcohol motifs (C(OH)–C–C–N with tert-alkyl or cyclic N) is 1. The first-order chi connectivity index (χ1) is 8.04. The number of aliphatic hydroxyl groups is 1. The van der Waals surface area contributed by atoms with Crippen molar-refractivity contribution in [2.24, 2.45) is 0 Å². The van der Waals surface area contributed by atoms with Crippen molar-refractivity contribution in [1.82, 2.24) is 5.32 Å². The predicted octanol–water partition coefficient (Wildman–Crippen LogP) is 1.46. The topological polar surface area (TPSA) is 35.5 Å². The van der Waals surface area contributed by atoms with Gasteiger partial charge >= 0.3 is 0 Å². The monoisotopic (exact) mass is 234 g/mol. The third kappa shape index (κ3) is 3.20. The Morgan fingerprint density at radius 2 is 1.94 bits per heavy atom. The average molecular weight is 234 g/mol. The molecule has 1 aromatic carbocycles. The number of hydrogen-bond acceptors (Lipinski definition) is 3. The van der Waals surface area contributed by atoms with Crippen molar-refractivity contribution < 1.29 is 5.11 Å². The molecule has 0 aromatic heterocycles. The molecule has 0 spiro atoms. The van der Waals surface area contributed by atoms with Gasteiger partial charge in [-0.25, -0.2) is 0 Å². The normalized spacial score (nSPS) is 24.0. The van der Waals surface area contributed by atoms with E-state index in [0.29, 0.717) is 6.04 Å². The minimum absolute atomic E-state index is 0.173. The lowest BCUT2D eigenvalue weighted by atomic mass is 10.1. The summed E-state index contributed by atoms with van der Waals surface area (Å²) in [4.78, 5) is 2.26. The Morgan fingerprint density at radius 1 is 1.29 bits per heavy atom. The van der Waals surface area contributed by atoms with Gasteiger partial charge in [-0.3, -0.25) is 0 Å². The minimum atomic E-state index is -0.173. The molecule has 1 aliphatic rings. The molecule has 2 atom stereocenters. The van der Waals surface area contributed by atoms with Gasteiger partial charge in [-0.05, 0) is 43.5 Å². The summed E-state index contributed by atoms with van der Waals surface area (Å²) in [5, 5.41) is 12.8. The summed E-state index contributed by atoms with van der Waals surface area (Å²) >= 11 is 0. The van der Waals surface area contributed by atoms with Gasteiger partial charge in [0.1, 0.15) is 0 Å².